The third-order valence-electron chi connectivity index (χ3n) is 5.43. The summed E-state index contributed by atoms with van der Waals surface area (Å²) in [4.78, 5) is 31.2. The molecular formula is C24H25N3O2S2. The van der Waals surface area contributed by atoms with Crippen LogP contribution in [0.3, 0.4) is 0 Å². The lowest BCUT2D eigenvalue weighted by Crippen LogP contribution is -2.27. The van der Waals surface area contributed by atoms with Crippen molar-refractivity contribution < 1.29 is 4.79 Å². The number of amides is 1. The molecule has 0 atom stereocenters. The van der Waals surface area contributed by atoms with Crippen LogP contribution in [0.25, 0.3) is 0 Å². The number of carbonyl (C=O) groups is 1. The third-order valence-corrected chi connectivity index (χ3v) is 7.51. The predicted molar refractivity (Wildman–Crippen MR) is 128 cm³/mol. The van der Waals surface area contributed by atoms with E-state index in [2.05, 4.69) is 17.4 Å². The Morgan fingerprint density at radius 2 is 1.97 bits per heavy atom. The number of aromatic nitrogens is 2. The summed E-state index contributed by atoms with van der Waals surface area (Å²) in [6.07, 6.45) is 1.55. The summed E-state index contributed by atoms with van der Waals surface area (Å²) in [6.45, 7) is 4.57. The van der Waals surface area contributed by atoms with Gasteiger partial charge < -0.3 is 5.32 Å². The summed E-state index contributed by atoms with van der Waals surface area (Å²) in [5, 5.41) is 3.61. The number of aryl methyl sites for hydroxylation is 3. The molecule has 0 spiro atoms. The highest BCUT2D eigenvalue weighted by Crippen LogP contribution is 2.29. The fourth-order valence-electron chi connectivity index (χ4n) is 3.52. The lowest BCUT2D eigenvalue weighted by Gasteiger charge is -2.14. The van der Waals surface area contributed by atoms with Gasteiger partial charge in [-0.15, -0.1) is 11.8 Å². The van der Waals surface area contributed by atoms with Crippen LogP contribution in [-0.2, 0) is 24.2 Å². The number of nitrogens with one attached hydrogen (secondary N) is 1. The number of hydrogen-bond acceptors (Lipinski definition) is 5. The van der Waals surface area contributed by atoms with Gasteiger partial charge in [-0.05, 0) is 43.0 Å². The number of fused-ring (bicyclic) bond motifs is 1. The van der Waals surface area contributed by atoms with Gasteiger partial charge in [0.15, 0.2) is 5.16 Å². The van der Waals surface area contributed by atoms with Crippen molar-refractivity contribution in [2.24, 2.45) is 0 Å². The molecule has 0 fully saturated rings. The number of benzene rings is 2. The monoisotopic (exact) mass is 451 g/mol. The zero-order valence-electron chi connectivity index (χ0n) is 17.7. The van der Waals surface area contributed by atoms with E-state index in [0.717, 1.165) is 46.0 Å². The molecule has 1 amide bonds. The summed E-state index contributed by atoms with van der Waals surface area (Å²) < 4.78 is 1.74. The van der Waals surface area contributed by atoms with Crippen LogP contribution in [0.2, 0.25) is 0 Å². The zero-order valence-corrected chi connectivity index (χ0v) is 19.3. The highest BCUT2D eigenvalue weighted by molar-refractivity contribution is 8.00. The Bertz CT molecular complexity index is 1160. The van der Waals surface area contributed by atoms with E-state index in [4.69, 9.17) is 4.98 Å². The first kappa shape index (κ1) is 21.7. The average Bonchev–Trinajstić information content (AvgIpc) is 3.25. The summed E-state index contributed by atoms with van der Waals surface area (Å²) in [7, 11) is 0. The van der Waals surface area contributed by atoms with Gasteiger partial charge >= 0.3 is 0 Å². The van der Waals surface area contributed by atoms with E-state index in [1.54, 1.807) is 16.3 Å². The Morgan fingerprint density at radius 1 is 1.16 bits per heavy atom. The Labute approximate surface area is 190 Å². The first-order valence-electron chi connectivity index (χ1n) is 10.3. The molecule has 1 aromatic heterocycles. The van der Waals surface area contributed by atoms with Crippen LogP contribution in [0.15, 0.2) is 63.4 Å². The zero-order chi connectivity index (χ0) is 21.8. The van der Waals surface area contributed by atoms with Gasteiger partial charge in [-0.1, -0.05) is 54.2 Å². The van der Waals surface area contributed by atoms with Crippen molar-refractivity contribution in [3.05, 3.63) is 81.3 Å². The second-order valence-electron chi connectivity index (χ2n) is 7.55. The van der Waals surface area contributed by atoms with Gasteiger partial charge in [0.05, 0.1) is 16.3 Å². The molecule has 160 valence electrons. The summed E-state index contributed by atoms with van der Waals surface area (Å²) in [5.74, 6) is 0.992. The fraction of sp³-hybridized carbons (Fsp3) is 0.292. The minimum atomic E-state index is -0.0996. The van der Waals surface area contributed by atoms with Crippen LogP contribution in [0.4, 0.5) is 5.69 Å². The largest absolute Gasteiger partial charge is 0.325 e. The van der Waals surface area contributed by atoms with Crippen LogP contribution < -0.4 is 10.9 Å². The molecular weight excluding hydrogens is 426 g/mol. The van der Waals surface area contributed by atoms with Crippen LogP contribution in [0, 0.1) is 13.8 Å². The Balaban J connectivity index is 1.51. The topological polar surface area (TPSA) is 64.0 Å². The second-order valence-corrected chi connectivity index (χ2v) is 9.59. The first-order chi connectivity index (χ1) is 15.0. The van der Waals surface area contributed by atoms with Gasteiger partial charge in [-0.3, -0.25) is 14.2 Å². The molecule has 0 unspecified atom stereocenters. The van der Waals surface area contributed by atoms with Gasteiger partial charge in [0.2, 0.25) is 5.91 Å². The third kappa shape index (κ3) is 5.05. The second kappa shape index (κ2) is 9.75. The van der Waals surface area contributed by atoms with Crippen molar-refractivity contribution in [2.45, 2.75) is 43.3 Å². The van der Waals surface area contributed by atoms with E-state index in [1.165, 1.54) is 17.3 Å². The summed E-state index contributed by atoms with van der Waals surface area (Å²) in [6, 6.07) is 16.0. The number of rotatable bonds is 7. The highest BCUT2D eigenvalue weighted by Gasteiger charge is 2.22. The van der Waals surface area contributed by atoms with E-state index >= 15 is 0 Å². The van der Waals surface area contributed by atoms with Crippen molar-refractivity contribution in [1.82, 2.24) is 9.55 Å². The SMILES string of the molecule is Cc1cccc(NC(=O)CSc2nc3c(c(=O)n2CCc2ccccc2)SCC3)c1C. The Hall–Kier alpha value is -2.51. The molecule has 1 aliphatic rings. The number of carbonyl (C=O) groups excluding carboxylic acids is 1. The molecule has 31 heavy (non-hydrogen) atoms. The molecule has 2 aromatic carbocycles. The number of anilines is 1. The predicted octanol–water partition coefficient (Wildman–Crippen LogP) is 4.48. The molecule has 1 aliphatic heterocycles. The minimum absolute atomic E-state index is 0.0147. The van der Waals surface area contributed by atoms with E-state index in [9.17, 15) is 9.59 Å². The van der Waals surface area contributed by atoms with Gasteiger partial charge in [0, 0.05) is 24.4 Å². The Morgan fingerprint density at radius 3 is 2.77 bits per heavy atom. The maximum atomic E-state index is 13.1. The van der Waals surface area contributed by atoms with Crippen molar-refractivity contribution in [3.8, 4) is 0 Å². The van der Waals surface area contributed by atoms with E-state index in [-0.39, 0.29) is 17.2 Å². The van der Waals surface area contributed by atoms with Crippen molar-refractivity contribution in [2.75, 3.05) is 16.8 Å². The number of hydrogen-bond donors (Lipinski definition) is 1. The molecule has 0 bridgehead atoms. The molecule has 0 saturated carbocycles. The standard InChI is InChI=1S/C24H25N3O2S2/c1-16-7-6-10-19(17(16)2)25-21(28)15-31-24-26-20-12-14-30-22(20)23(29)27(24)13-11-18-8-4-3-5-9-18/h3-10H,11-15H2,1-2H3,(H,25,28). The molecule has 0 aliphatic carbocycles. The normalized spacial score (nSPS) is 12.6. The molecule has 0 radical (unpaired) electrons. The van der Waals surface area contributed by atoms with Crippen LogP contribution in [-0.4, -0.2) is 27.0 Å². The fourth-order valence-corrected chi connectivity index (χ4v) is 5.40. The van der Waals surface area contributed by atoms with Gasteiger partial charge in [-0.2, -0.15) is 0 Å². The molecule has 5 nitrogen and oxygen atoms in total. The van der Waals surface area contributed by atoms with Crippen molar-refractivity contribution >= 4 is 35.1 Å². The molecule has 4 rings (SSSR count). The van der Waals surface area contributed by atoms with Crippen LogP contribution in [0.5, 0.6) is 0 Å². The molecule has 0 saturated heterocycles. The molecule has 2 heterocycles. The number of nitrogens with zero attached hydrogens (tertiary/aromatic N) is 2. The van der Waals surface area contributed by atoms with Gasteiger partial charge in [-0.25, -0.2) is 4.98 Å². The van der Waals surface area contributed by atoms with E-state index in [1.807, 2.05) is 50.2 Å². The van der Waals surface area contributed by atoms with Crippen molar-refractivity contribution in [3.63, 3.8) is 0 Å². The van der Waals surface area contributed by atoms with Crippen molar-refractivity contribution in [1.29, 1.82) is 0 Å². The van der Waals surface area contributed by atoms with Crippen LogP contribution >= 0.6 is 23.5 Å². The van der Waals surface area contributed by atoms with Gasteiger partial charge in [0.1, 0.15) is 0 Å². The average molecular weight is 452 g/mol. The van der Waals surface area contributed by atoms with Crippen LogP contribution in [0.1, 0.15) is 22.4 Å². The van der Waals surface area contributed by atoms with E-state index in [0.29, 0.717) is 11.7 Å². The van der Waals surface area contributed by atoms with Gasteiger partial charge in [0.25, 0.3) is 5.56 Å². The Kier molecular flexibility index (Phi) is 6.83. The molecule has 7 heteroatoms. The maximum Gasteiger partial charge on any atom is 0.268 e. The minimum Gasteiger partial charge on any atom is -0.325 e. The maximum absolute atomic E-state index is 13.1. The summed E-state index contributed by atoms with van der Waals surface area (Å²) >= 11 is 2.91. The smallest absolute Gasteiger partial charge is 0.268 e. The number of thioether (sulfide) groups is 2. The van der Waals surface area contributed by atoms with E-state index < -0.39 is 0 Å². The summed E-state index contributed by atoms with van der Waals surface area (Å²) in [5.41, 5.74) is 5.08. The molecule has 3 aromatic rings. The first-order valence-corrected chi connectivity index (χ1v) is 12.3. The quantitative estimate of drug-likeness (QED) is 0.424. The molecule has 1 N–H and O–H groups in total. The lowest BCUT2D eigenvalue weighted by molar-refractivity contribution is -0.113. The highest BCUT2D eigenvalue weighted by atomic mass is 32.2. The lowest BCUT2D eigenvalue weighted by atomic mass is 10.1.